The summed E-state index contributed by atoms with van der Waals surface area (Å²) >= 11 is 0. The van der Waals surface area contributed by atoms with Gasteiger partial charge in [-0.05, 0) is 47.5 Å². The second-order valence-electron chi connectivity index (χ2n) is 7.76. The highest BCUT2D eigenvalue weighted by Gasteiger charge is 2.42. The zero-order valence-electron chi connectivity index (χ0n) is 17.8. The summed E-state index contributed by atoms with van der Waals surface area (Å²) in [6.07, 6.45) is 0. The van der Waals surface area contributed by atoms with Crippen LogP contribution in [0.4, 0.5) is 5.69 Å². The summed E-state index contributed by atoms with van der Waals surface area (Å²) in [5.41, 5.74) is 4.46. The van der Waals surface area contributed by atoms with Crippen molar-refractivity contribution in [2.45, 2.75) is 12.6 Å². The van der Waals surface area contributed by atoms with Gasteiger partial charge >= 0.3 is 0 Å². The number of benzene rings is 3. The molecule has 164 valence electrons. The number of aromatic amines is 1. The Morgan fingerprint density at radius 1 is 1.03 bits per heavy atom. The van der Waals surface area contributed by atoms with Crippen molar-refractivity contribution in [3.8, 4) is 17.0 Å². The zero-order valence-corrected chi connectivity index (χ0v) is 17.8. The number of nitro benzene ring substituents is 1. The van der Waals surface area contributed by atoms with Gasteiger partial charge in [-0.25, -0.2) is 0 Å². The number of nitro groups is 1. The van der Waals surface area contributed by atoms with Crippen LogP contribution in [0.3, 0.4) is 0 Å². The molecule has 8 nitrogen and oxygen atoms in total. The van der Waals surface area contributed by atoms with Gasteiger partial charge in [0.05, 0.1) is 23.8 Å². The van der Waals surface area contributed by atoms with Gasteiger partial charge in [-0.3, -0.25) is 20.0 Å². The highest BCUT2D eigenvalue weighted by Crippen LogP contribution is 2.43. The van der Waals surface area contributed by atoms with E-state index in [9.17, 15) is 14.9 Å². The number of H-pyrrole nitrogens is 1. The number of nitrogens with zero attached hydrogens (tertiary/aromatic N) is 3. The molecular weight excluding hydrogens is 420 g/mol. The fourth-order valence-corrected chi connectivity index (χ4v) is 4.23. The van der Waals surface area contributed by atoms with Gasteiger partial charge < -0.3 is 9.64 Å². The summed E-state index contributed by atoms with van der Waals surface area (Å²) in [5, 5.41) is 18.5. The van der Waals surface area contributed by atoms with Crippen LogP contribution in [0.2, 0.25) is 0 Å². The molecule has 5 rings (SSSR count). The van der Waals surface area contributed by atoms with Crippen molar-refractivity contribution in [2.75, 3.05) is 7.11 Å². The van der Waals surface area contributed by atoms with Crippen LogP contribution in [0.25, 0.3) is 11.3 Å². The number of carbonyl (C=O) groups excluding carboxylic acids is 1. The van der Waals surface area contributed by atoms with E-state index in [4.69, 9.17) is 4.74 Å². The van der Waals surface area contributed by atoms with Crippen LogP contribution in [-0.4, -0.2) is 33.0 Å². The Morgan fingerprint density at radius 3 is 2.36 bits per heavy atom. The number of non-ortho nitro benzene ring substituents is 1. The van der Waals surface area contributed by atoms with E-state index in [1.54, 1.807) is 24.1 Å². The van der Waals surface area contributed by atoms with E-state index in [-0.39, 0.29) is 11.6 Å². The summed E-state index contributed by atoms with van der Waals surface area (Å²) in [4.78, 5) is 25.9. The van der Waals surface area contributed by atoms with Crippen LogP contribution in [0.15, 0.2) is 78.9 Å². The molecule has 0 saturated heterocycles. The number of amides is 1. The molecular formula is C25H20N4O4. The predicted octanol–water partition coefficient (Wildman–Crippen LogP) is 4.74. The molecule has 3 aromatic carbocycles. The molecule has 1 atom stereocenters. The lowest BCUT2D eigenvalue weighted by molar-refractivity contribution is -0.384. The Bertz CT molecular complexity index is 1320. The maximum absolute atomic E-state index is 13.4. The number of ether oxygens (including phenoxy) is 1. The molecule has 0 spiro atoms. The third-order valence-electron chi connectivity index (χ3n) is 5.84. The molecule has 0 fully saturated rings. The lowest BCUT2D eigenvalue weighted by Crippen LogP contribution is -2.29. The molecule has 1 N–H and O–H groups in total. The van der Waals surface area contributed by atoms with E-state index in [1.165, 1.54) is 12.1 Å². The van der Waals surface area contributed by atoms with Gasteiger partial charge in [0, 0.05) is 29.8 Å². The Labute approximate surface area is 189 Å². The van der Waals surface area contributed by atoms with Crippen molar-refractivity contribution in [3.63, 3.8) is 0 Å². The number of fused-ring (bicyclic) bond motifs is 1. The Balaban J connectivity index is 1.62. The average molecular weight is 440 g/mol. The summed E-state index contributed by atoms with van der Waals surface area (Å²) in [6.45, 7) is 0.395. The van der Waals surface area contributed by atoms with Crippen molar-refractivity contribution >= 4 is 11.6 Å². The molecule has 8 heteroatoms. The monoisotopic (exact) mass is 440 g/mol. The Kier molecular flexibility index (Phi) is 5.10. The first-order chi connectivity index (χ1) is 16.1. The molecule has 0 radical (unpaired) electrons. The van der Waals surface area contributed by atoms with Crippen molar-refractivity contribution in [1.29, 1.82) is 0 Å². The first-order valence-electron chi connectivity index (χ1n) is 10.4. The van der Waals surface area contributed by atoms with Gasteiger partial charge in [0.1, 0.15) is 11.4 Å². The molecule has 1 aliphatic rings. The zero-order chi connectivity index (χ0) is 22.9. The van der Waals surface area contributed by atoms with Gasteiger partial charge in [-0.2, -0.15) is 5.10 Å². The van der Waals surface area contributed by atoms with E-state index < -0.39 is 11.0 Å². The van der Waals surface area contributed by atoms with Gasteiger partial charge in [0.15, 0.2) is 0 Å². The smallest absolute Gasteiger partial charge is 0.273 e. The summed E-state index contributed by atoms with van der Waals surface area (Å²) < 4.78 is 5.26. The lowest BCUT2D eigenvalue weighted by atomic mass is 9.95. The van der Waals surface area contributed by atoms with Crippen molar-refractivity contribution in [1.82, 2.24) is 15.1 Å². The minimum absolute atomic E-state index is 0.000442. The van der Waals surface area contributed by atoms with Crippen molar-refractivity contribution in [2.24, 2.45) is 0 Å². The fourth-order valence-electron chi connectivity index (χ4n) is 4.23. The molecule has 0 aliphatic carbocycles. The third-order valence-corrected chi connectivity index (χ3v) is 5.84. The number of methoxy groups -OCH3 is 1. The number of rotatable bonds is 6. The largest absolute Gasteiger partial charge is 0.497 e. The Hall–Kier alpha value is -4.46. The van der Waals surface area contributed by atoms with Crippen LogP contribution in [-0.2, 0) is 6.54 Å². The Morgan fingerprint density at radius 2 is 1.73 bits per heavy atom. The lowest BCUT2D eigenvalue weighted by Gasteiger charge is -2.26. The van der Waals surface area contributed by atoms with Gasteiger partial charge in [0.25, 0.3) is 11.6 Å². The van der Waals surface area contributed by atoms with E-state index in [2.05, 4.69) is 10.2 Å². The molecule has 33 heavy (non-hydrogen) atoms. The number of aromatic nitrogens is 2. The van der Waals surface area contributed by atoms with E-state index in [0.29, 0.717) is 17.9 Å². The number of nitrogens with one attached hydrogen (secondary N) is 1. The summed E-state index contributed by atoms with van der Waals surface area (Å²) in [5.74, 6) is 0.559. The normalized spacial score (nSPS) is 14.9. The fraction of sp³-hybridized carbons (Fsp3) is 0.120. The van der Waals surface area contributed by atoms with Crippen LogP contribution in [0.1, 0.15) is 33.2 Å². The van der Waals surface area contributed by atoms with Crippen LogP contribution < -0.4 is 4.74 Å². The molecule has 0 bridgehead atoms. The summed E-state index contributed by atoms with van der Waals surface area (Å²) in [7, 11) is 1.60. The minimum atomic E-state index is -0.440. The molecule has 1 unspecified atom stereocenters. The van der Waals surface area contributed by atoms with Gasteiger partial charge in [-0.1, -0.05) is 30.3 Å². The molecule has 2 heterocycles. The quantitative estimate of drug-likeness (QED) is 0.345. The highest BCUT2D eigenvalue weighted by atomic mass is 16.6. The maximum atomic E-state index is 13.4. The number of carbonyl (C=O) groups is 1. The second-order valence-corrected chi connectivity index (χ2v) is 7.76. The minimum Gasteiger partial charge on any atom is -0.497 e. The first-order valence-corrected chi connectivity index (χ1v) is 10.4. The molecule has 1 amide bonds. The SMILES string of the molecule is COc1ccc(-c2n[nH]c3c2C(c2ccc([N+](=O)[O-])cc2)N(Cc2ccccc2)C3=O)cc1. The standard InChI is InChI=1S/C25H20N4O4/c1-33-20-13-9-17(10-14-20)22-21-23(27-26-22)25(30)28(15-16-5-3-2-4-6-16)24(21)18-7-11-19(12-8-18)29(31)32/h2-14,24H,15H2,1H3,(H,26,27). The maximum Gasteiger partial charge on any atom is 0.273 e. The molecule has 1 aliphatic heterocycles. The predicted molar refractivity (Wildman–Crippen MR) is 122 cm³/mol. The third kappa shape index (κ3) is 3.61. The number of hydrogen-bond acceptors (Lipinski definition) is 5. The summed E-state index contributed by atoms with van der Waals surface area (Å²) in [6, 6.07) is 23.1. The second kappa shape index (κ2) is 8.23. The average Bonchev–Trinajstić information content (AvgIpc) is 3.39. The first kappa shape index (κ1) is 20.4. The molecule has 4 aromatic rings. The topological polar surface area (TPSA) is 101 Å². The van der Waals surface area contributed by atoms with Crippen LogP contribution in [0.5, 0.6) is 5.75 Å². The van der Waals surface area contributed by atoms with E-state index in [1.807, 2.05) is 54.6 Å². The highest BCUT2D eigenvalue weighted by molar-refractivity contribution is 6.00. The van der Waals surface area contributed by atoms with E-state index in [0.717, 1.165) is 28.0 Å². The molecule has 1 aromatic heterocycles. The van der Waals surface area contributed by atoms with Crippen molar-refractivity contribution in [3.05, 3.63) is 111 Å². The van der Waals surface area contributed by atoms with Crippen molar-refractivity contribution < 1.29 is 14.5 Å². The van der Waals surface area contributed by atoms with Crippen LogP contribution >= 0.6 is 0 Å². The number of hydrogen-bond donors (Lipinski definition) is 1. The van der Waals surface area contributed by atoms with Gasteiger partial charge in [-0.15, -0.1) is 0 Å². The van der Waals surface area contributed by atoms with Gasteiger partial charge in [0.2, 0.25) is 0 Å². The molecule has 0 saturated carbocycles. The van der Waals surface area contributed by atoms with Crippen LogP contribution in [0, 0.1) is 10.1 Å². The van der Waals surface area contributed by atoms with E-state index >= 15 is 0 Å².